The van der Waals surface area contributed by atoms with E-state index >= 15 is 0 Å². The summed E-state index contributed by atoms with van der Waals surface area (Å²) in [7, 11) is 0. The molecule has 0 bridgehead atoms. The molecule has 0 aliphatic carbocycles. The van der Waals surface area contributed by atoms with Crippen LogP contribution in [0.4, 0.5) is 18.0 Å². The van der Waals surface area contributed by atoms with Crippen LogP contribution in [0.5, 0.6) is 0 Å². The van der Waals surface area contributed by atoms with Crippen molar-refractivity contribution in [1.82, 2.24) is 10.6 Å². The molecule has 0 radical (unpaired) electrons. The summed E-state index contributed by atoms with van der Waals surface area (Å²) >= 11 is 0. The van der Waals surface area contributed by atoms with Gasteiger partial charge in [-0.25, -0.2) is 4.79 Å². The predicted octanol–water partition coefficient (Wildman–Crippen LogP) is 2.82. The van der Waals surface area contributed by atoms with E-state index in [0.29, 0.717) is 5.76 Å². The van der Waals surface area contributed by atoms with Gasteiger partial charge in [-0.15, -0.1) is 0 Å². The number of amides is 2. The van der Waals surface area contributed by atoms with Crippen molar-refractivity contribution in [1.29, 1.82) is 0 Å². The predicted molar refractivity (Wildman–Crippen MR) is 77.0 cm³/mol. The third-order valence-corrected chi connectivity index (χ3v) is 3.39. The van der Waals surface area contributed by atoms with Crippen molar-refractivity contribution in [3.05, 3.63) is 47.8 Å². The van der Waals surface area contributed by atoms with E-state index in [1.54, 1.807) is 12.1 Å². The summed E-state index contributed by atoms with van der Waals surface area (Å²) in [5.74, 6) is 0.144. The zero-order valence-electron chi connectivity index (χ0n) is 12.8. The Morgan fingerprint density at radius 2 is 2.00 bits per heavy atom. The number of carbonyl (C=O) groups is 1. The number of urea groups is 1. The summed E-state index contributed by atoms with van der Waals surface area (Å²) in [6.45, 7) is 1.17. The molecule has 0 aromatic carbocycles. The number of halogens is 3. The second-order valence-electron chi connectivity index (χ2n) is 5.21. The zero-order valence-corrected chi connectivity index (χ0v) is 12.8. The number of alkyl halides is 3. The van der Waals surface area contributed by atoms with Crippen molar-refractivity contribution in [2.24, 2.45) is 0 Å². The average molecular weight is 346 g/mol. The third kappa shape index (κ3) is 4.10. The first-order valence-corrected chi connectivity index (χ1v) is 7.12. The third-order valence-electron chi connectivity index (χ3n) is 3.39. The minimum atomic E-state index is -4.94. The summed E-state index contributed by atoms with van der Waals surface area (Å²) in [5, 5.41) is 14.7. The van der Waals surface area contributed by atoms with E-state index in [0.717, 1.165) is 6.07 Å². The van der Waals surface area contributed by atoms with Crippen LogP contribution in [0.2, 0.25) is 0 Å². The molecule has 0 spiro atoms. The van der Waals surface area contributed by atoms with E-state index in [-0.39, 0.29) is 12.3 Å². The molecule has 0 aliphatic rings. The van der Waals surface area contributed by atoms with Gasteiger partial charge in [0.15, 0.2) is 0 Å². The summed E-state index contributed by atoms with van der Waals surface area (Å²) < 4.78 is 49.5. The van der Waals surface area contributed by atoms with Crippen LogP contribution in [0.25, 0.3) is 0 Å². The summed E-state index contributed by atoms with van der Waals surface area (Å²) in [5.41, 5.74) is -3.17. The molecule has 3 N–H and O–H groups in total. The topological polar surface area (TPSA) is 87.6 Å². The minimum Gasteiger partial charge on any atom is -0.467 e. The number of hydrogen-bond acceptors (Lipinski definition) is 4. The lowest BCUT2D eigenvalue weighted by Gasteiger charge is -2.28. The van der Waals surface area contributed by atoms with Crippen molar-refractivity contribution in [3.8, 4) is 0 Å². The highest BCUT2D eigenvalue weighted by molar-refractivity contribution is 5.73. The fourth-order valence-corrected chi connectivity index (χ4v) is 2.06. The molecule has 2 rings (SSSR count). The van der Waals surface area contributed by atoms with Crippen molar-refractivity contribution in [2.75, 3.05) is 6.54 Å². The molecule has 0 fully saturated rings. The van der Waals surface area contributed by atoms with Crippen molar-refractivity contribution >= 4 is 6.03 Å². The van der Waals surface area contributed by atoms with Gasteiger partial charge in [0.25, 0.3) is 0 Å². The maximum atomic E-state index is 13.2. The van der Waals surface area contributed by atoms with Gasteiger partial charge in [-0.05, 0) is 31.2 Å². The van der Waals surface area contributed by atoms with Crippen LogP contribution in [-0.2, 0) is 12.1 Å². The summed E-state index contributed by atoms with van der Waals surface area (Å²) in [4.78, 5) is 11.6. The summed E-state index contributed by atoms with van der Waals surface area (Å²) in [6, 6.07) is 5.01. The van der Waals surface area contributed by atoms with Crippen LogP contribution in [0.15, 0.2) is 39.4 Å². The summed E-state index contributed by atoms with van der Waals surface area (Å²) in [6.07, 6.45) is -4.29. The van der Waals surface area contributed by atoms with Crippen LogP contribution in [0, 0.1) is 6.92 Å². The Morgan fingerprint density at radius 1 is 1.25 bits per heavy atom. The molecule has 2 amide bonds. The number of furan rings is 2. The molecule has 2 aromatic heterocycles. The van der Waals surface area contributed by atoms with Gasteiger partial charge < -0.3 is 24.6 Å². The molecule has 24 heavy (non-hydrogen) atoms. The Morgan fingerprint density at radius 3 is 2.54 bits per heavy atom. The van der Waals surface area contributed by atoms with Gasteiger partial charge in [-0.1, -0.05) is 0 Å². The van der Waals surface area contributed by atoms with Gasteiger partial charge in [0, 0.05) is 13.0 Å². The maximum absolute atomic E-state index is 13.2. The molecule has 0 unspecified atom stereocenters. The van der Waals surface area contributed by atoms with E-state index in [2.05, 4.69) is 10.6 Å². The van der Waals surface area contributed by atoms with Gasteiger partial charge in [0.1, 0.15) is 17.3 Å². The fourth-order valence-electron chi connectivity index (χ4n) is 2.06. The number of hydrogen-bond donors (Lipinski definition) is 3. The van der Waals surface area contributed by atoms with Crippen molar-refractivity contribution < 1.29 is 31.9 Å². The number of carbonyl (C=O) groups excluding carboxylic acids is 1. The van der Waals surface area contributed by atoms with E-state index in [1.807, 2.05) is 0 Å². The Hall–Kier alpha value is -2.42. The molecule has 2 heterocycles. The quantitative estimate of drug-likeness (QED) is 0.751. The maximum Gasteiger partial charge on any atom is 0.424 e. The molecule has 6 nitrogen and oxygen atoms in total. The molecule has 0 saturated carbocycles. The standard InChI is InChI=1S/C15H17F3N2O4/c1-10-4-5-12(24-10)14(22,15(16,17)18)6-7-19-13(21)20-9-11-3-2-8-23-11/h2-5,8,22H,6-7,9H2,1H3,(H2,19,20,21)/t14-/m0/s1. The molecule has 0 aliphatic heterocycles. The second-order valence-corrected chi connectivity index (χ2v) is 5.21. The van der Waals surface area contributed by atoms with Gasteiger partial charge >= 0.3 is 12.2 Å². The minimum absolute atomic E-state index is 0.0970. The number of rotatable bonds is 6. The van der Waals surface area contributed by atoms with Gasteiger partial charge in [0.05, 0.1) is 12.8 Å². The molecule has 132 valence electrons. The Labute approximate surface area is 135 Å². The van der Waals surface area contributed by atoms with Gasteiger partial charge in [-0.2, -0.15) is 13.2 Å². The number of nitrogens with one attached hydrogen (secondary N) is 2. The normalized spacial score (nSPS) is 14.2. The molecule has 9 heteroatoms. The van der Waals surface area contributed by atoms with Crippen LogP contribution in [0.3, 0.4) is 0 Å². The Bertz CT molecular complexity index is 667. The highest BCUT2D eigenvalue weighted by Crippen LogP contribution is 2.41. The molecule has 0 saturated heterocycles. The first-order valence-electron chi connectivity index (χ1n) is 7.12. The van der Waals surface area contributed by atoms with E-state index in [9.17, 15) is 23.1 Å². The monoisotopic (exact) mass is 346 g/mol. The molecular formula is C15H17F3N2O4. The first-order chi connectivity index (χ1) is 11.2. The van der Waals surface area contributed by atoms with Gasteiger partial charge in [-0.3, -0.25) is 0 Å². The number of aliphatic hydroxyl groups is 1. The largest absolute Gasteiger partial charge is 0.467 e. The highest BCUT2D eigenvalue weighted by Gasteiger charge is 2.56. The molecule has 1 atom stereocenters. The molecular weight excluding hydrogens is 329 g/mol. The van der Waals surface area contributed by atoms with E-state index in [1.165, 1.54) is 19.3 Å². The second kappa shape index (κ2) is 7.00. The van der Waals surface area contributed by atoms with Crippen LogP contribution in [-0.4, -0.2) is 23.9 Å². The lowest BCUT2D eigenvalue weighted by atomic mass is 9.96. The highest BCUT2D eigenvalue weighted by atomic mass is 19.4. The van der Waals surface area contributed by atoms with Crippen molar-refractivity contribution in [3.63, 3.8) is 0 Å². The first kappa shape index (κ1) is 17.9. The fraction of sp³-hybridized carbons (Fsp3) is 0.400. The Balaban J connectivity index is 1.90. The SMILES string of the molecule is Cc1ccc([C@@](O)(CCNC(=O)NCc2ccco2)C(F)(F)F)o1. The molecule has 2 aromatic rings. The average Bonchev–Trinajstić information content (AvgIpc) is 3.15. The Kier molecular flexibility index (Phi) is 5.23. The van der Waals surface area contributed by atoms with E-state index < -0.39 is 36.5 Å². The smallest absolute Gasteiger partial charge is 0.424 e. The van der Waals surface area contributed by atoms with E-state index in [4.69, 9.17) is 8.83 Å². The number of aryl methyl sites for hydroxylation is 1. The van der Waals surface area contributed by atoms with Crippen LogP contribution < -0.4 is 10.6 Å². The lowest BCUT2D eigenvalue weighted by molar-refractivity contribution is -0.274. The van der Waals surface area contributed by atoms with Crippen LogP contribution >= 0.6 is 0 Å². The zero-order chi connectivity index (χ0) is 17.8. The lowest BCUT2D eigenvalue weighted by Crippen LogP contribution is -2.45. The van der Waals surface area contributed by atoms with Gasteiger partial charge in [0.2, 0.25) is 5.60 Å². The van der Waals surface area contributed by atoms with Crippen molar-refractivity contribution in [2.45, 2.75) is 31.7 Å². The van der Waals surface area contributed by atoms with Crippen LogP contribution in [0.1, 0.15) is 23.7 Å².